The molecule has 0 aliphatic heterocycles. The van der Waals surface area contributed by atoms with E-state index in [2.05, 4.69) is 4.98 Å². The third kappa shape index (κ3) is 3.86. The number of carbonyl (C=O) groups is 2. The zero-order valence-corrected chi connectivity index (χ0v) is 12.0. The van der Waals surface area contributed by atoms with Gasteiger partial charge in [-0.1, -0.05) is 30.3 Å². The van der Waals surface area contributed by atoms with Gasteiger partial charge in [-0.2, -0.15) is 0 Å². The molecule has 0 fully saturated rings. The minimum Gasteiger partial charge on any atom is -0.383 e. The minimum absolute atomic E-state index is 0.159. The average molecular weight is 280 g/mol. The average Bonchev–Trinajstić information content (AvgIpc) is 2.52. The quantitative estimate of drug-likeness (QED) is 0.624. The molecule has 0 unspecified atom stereocenters. The predicted octanol–water partition coefficient (Wildman–Crippen LogP) is 2.57. The van der Waals surface area contributed by atoms with Crippen LogP contribution in [0.15, 0.2) is 60.9 Å². The molecule has 0 aliphatic rings. The van der Waals surface area contributed by atoms with Gasteiger partial charge in [0.2, 0.25) is 5.78 Å². The lowest BCUT2D eigenvalue weighted by atomic mass is 10.0. The Balaban J connectivity index is 2.26. The van der Waals surface area contributed by atoms with Crippen molar-refractivity contribution >= 4 is 11.6 Å². The summed E-state index contributed by atoms with van der Waals surface area (Å²) in [5.74, 6) is -0.352. The van der Waals surface area contributed by atoms with Gasteiger partial charge in [-0.05, 0) is 12.1 Å². The summed E-state index contributed by atoms with van der Waals surface area (Å²) in [5, 5.41) is 0. The van der Waals surface area contributed by atoms with E-state index in [1.807, 2.05) is 20.2 Å². The lowest BCUT2D eigenvalue weighted by Crippen LogP contribution is -2.07. The molecule has 0 atom stereocenters. The van der Waals surface area contributed by atoms with Gasteiger partial charge in [0, 0.05) is 43.7 Å². The number of aromatic nitrogens is 1. The van der Waals surface area contributed by atoms with Crippen molar-refractivity contribution in [2.24, 2.45) is 0 Å². The van der Waals surface area contributed by atoms with E-state index in [0.717, 1.165) is 0 Å². The van der Waals surface area contributed by atoms with Gasteiger partial charge >= 0.3 is 0 Å². The van der Waals surface area contributed by atoms with Gasteiger partial charge in [-0.25, -0.2) is 0 Å². The van der Waals surface area contributed by atoms with Crippen LogP contribution in [0.25, 0.3) is 0 Å². The van der Waals surface area contributed by atoms with E-state index < -0.39 is 0 Å². The minimum atomic E-state index is -0.193. The number of benzene rings is 1. The first kappa shape index (κ1) is 14.7. The molecule has 0 radical (unpaired) electrons. The van der Waals surface area contributed by atoms with Crippen molar-refractivity contribution in [2.45, 2.75) is 0 Å². The SMILES string of the molecule is CN(C)C=CC(=O)c1ccnc(C(=O)c2ccccc2)c1. The van der Waals surface area contributed by atoms with Crippen molar-refractivity contribution in [1.29, 1.82) is 0 Å². The van der Waals surface area contributed by atoms with Crippen LogP contribution in [0.5, 0.6) is 0 Å². The second-order valence-electron chi connectivity index (χ2n) is 4.77. The molecule has 106 valence electrons. The molecule has 4 heteroatoms. The van der Waals surface area contributed by atoms with Crippen LogP contribution in [-0.2, 0) is 0 Å². The number of rotatable bonds is 5. The summed E-state index contributed by atoms with van der Waals surface area (Å²) in [6.07, 6.45) is 4.61. The fourth-order valence-corrected chi connectivity index (χ4v) is 1.76. The van der Waals surface area contributed by atoms with Crippen LogP contribution < -0.4 is 0 Å². The van der Waals surface area contributed by atoms with Crippen molar-refractivity contribution in [3.8, 4) is 0 Å². The van der Waals surface area contributed by atoms with Gasteiger partial charge in [0.25, 0.3) is 0 Å². The lowest BCUT2D eigenvalue weighted by Gasteiger charge is -2.04. The molecular formula is C17H16N2O2. The van der Waals surface area contributed by atoms with Crippen molar-refractivity contribution < 1.29 is 9.59 Å². The number of allylic oxidation sites excluding steroid dienone is 1. The molecule has 1 aromatic carbocycles. The van der Waals surface area contributed by atoms with E-state index in [4.69, 9.17) is 0 Å². The summed E-state index contributed by atoms with van der Waals surface area (Å²) in [7, 11) is 3.67. The lowest BCUT2D eigenvalue weighted by molar-refractivity contribution is 0.103. The van der Waals surface area contributed by atoms with E-state index in [0.29, 0.717) is 11.1 Å². The summed E-state index contributed by atoms with van der Waals surface area (Å²) < 4.78 is 0. The van der Waals surface area contributed by atoms with Gasteiger partial charge < -0.3 is 4.90 Å². The van der Waals surface area contributed by atoms with Crippen molar-refractivity contribution in [3.63, 3.8) is 0 Å². The maximum atomic E-state index is 12.3. The monoisotopic (exact) mass is 280 g/mol. The van der Waals surface area contributed by atoms with Gasteiger partial charge in [-0.15, -0.1) is 0 Å². The van der Waals surface area contributed by atoms with E-state index in [1.165, 1.54) is 18.3 Å². The second-order valence-corrected chi connectivity index (χ2v) is 4.77. The molecule has 0 saturated carbocycles. The van der Waals surface area contributed by atoms with Crippen molar-refractivity contribution in [1.82, 2.24) is 9.88 Å². The Morgan fingerprint density at radius 3 is 2.43 bits per heavy atom. The van der Waals surface area contributed by atoms with E-state index >= 15 is 0 Å². The van der Waals surface area contributed by atoms with Gasteiger partial charge in [-0.3, -0.25) is 14.6 Å². The number of pyridine rings is 1. The molecule has 2 rings (SSSR count). The Bertz CT molecular complexity index is 676. The van der Waals surface area contributed by atoms with Crippen LogP contribution in [0.3, 0.4) is 0 Å². The zero-order chi connectivity index (χ0) is 15.2. The van der Waals surface area contributed by atoms with Crippen LogP contribution in [0.1, 0.15) is 26.4 Å². The van der Waals surface area contributed by atoms with Gasteiger partial charge in [0.05, 0.1) is 0 Å². The van der Waals surface area contributed by atoms with Gasteiger partial charge in [0.15, 0.2) is 5.78 Å². The molecule has 0 bridgehead atoms. The van der Waals surface area contributed by atoms with Crippen LogP contribution >= 0.6 is 0 Å². The standard InChI is InChI=1S/C17H16N2O2/c1-19(2)11-9-16(20)14-8-10-18-15(12-14)17(21)13-6-4-3-5-7-13/h3-12H,1-2H3. The summed E-state index contributed by atoms with van der Waals surface area (Å²) in [6, 6.07) is 12.0. The number of hydrogen-bond donors (Lipinski definition) is 0. The predicted molar refractivity (Wildman–Crippen MR) is 81.3 cm³/mol. The molecule has 0 saturated heterocycles. The maximum absolute atomic E-state index is 12.3. The highest BCUT2D eigenvalue weighted by atomic mass is 16.1. The fourth-order valence-electron chi connectivity index (χ4n) is 1.76. The normalized spacial score (nSPS) is 10.6. The fraction of sp³-hybridized carbons (Fsp3) is 0.118. The zero-order valence-electron chi connectivity index (χ0n) is 12.0. The molecule has 0 amide bonds. The van der Waals surface area contributed by atoms with E-state index in [-0.39, 0.29) is 17.3 Å². The molecule has 1 aromatic heterocycles. The second kappa shape index (κ2) is 6.61. The van der Waals surface area contributed by atoms with Gasteiger partial charge in [0.1, 0.15) is 5.69 Å². The first-order valence-electron chi connectivity index (χ1n) is 6.52. The van der Waals surface area contributed by atoms with E-state index in [1.54, 1.807) is 41.4 Å². The highest BCUT2D eigenvalue weighted by molar-refractivity contribution is 6.10. The largest absolute Gasteiger partial charge is 0.383 e. The number of carbonyl (C=O) groups excluding carboxylic acids is 2. The Hall–Kier alpha value is -2.75. The van der Waals surface area contributed by atoms with Crippen LogP contribution in [0.4, 0.5) is 0 Å². The molecule has 1 heterocycles. The smallest absolute Gasteiger partial charge is 0.211 e. The molecule has 2 aromatic rings. The number of hydrogen-bond acceptors (Lipinski definition) is 4. The highest BCUT2D eigenvalue weighted by Crippen LogP contribution is 2.10. The Morgan fingerprint density at radius 2 is 1.76 bits per heavy atom. The summed E-state index contributed by atoms with van der Waals surface area (Å²) in [5.41, 5.74) is 1.27. The van der Waals surface area contributed by atoms with Crippen LogP contribution in [-0.4, -0.2) is 35.5 Å². The van der Waals surface area contributed by atoms with Crippen molar-refractivity contribution in [2.75, 3.05) is 14.1 Å². The number of ketones is 2. The summed E-state index contributed by atoms with van der Waals surface area (Å²) in [4.78, 5) is 30.1. The first-order valence-corrected chi connectivity index (χ1v) is 6.52. The first-order chi connectivity index (χ1) is 10.1. The Labute approximate surface area is 123 Å². The van der Waals surface area contributed by atoms with E-state index in [9.17, 15) is 9.59 Å². The summed E-state index contributed by atoms with van der Waals surface area (Å²) >= 11 is 0. The summed E-state index contributed by atoms with van der Waals surface area (Å²) in [6.45, 7) is 0. The molecule has 0 aliphatic carbocycles. The Kier molecular flexibility index (Phi) is 4.61. The molecule has 0 spiro atoms. The highest BCUT2D eigenvalue weighted by Gasteiger charge is 2.12. The van der Waals surface area contributed by atoms with Crippen molar-refractivity contribution in [3.05, 3.63) is 77.8 Å². The number of nitrogens with zero attached hydrogens (tertiary/aromatic N) is 2. The Morgan fingerprint density at radius 1 is 1.05 bits per heavy atom. The third-order valence-electron chi connectivity index (χ3n) is 2.84. The third-order valence-corrected chi connectivity index (χ3v) is 2.84. The molecule has 0 N–H and O–H groups in total. The molecular weight excluding hydrogens is 264 g/mol. The van der Waals surface area contributed by atoms with Crippen LogP contribution in [0.2, 0.25) is 0 Å². The maximum Gasteiger partial charge on any atom is 0.211 e. The molecule has 4 nitrogen and oxygen atoms in total. The van der Waals surface area contributed by atoms with Crippen LogP contribution in [0, 0.1) is 0 Å². The molecule has 21 heavy (non-hydrogen) atoms. The topological polar surface area (TPSA) is 50.3 Å².